The molecule has 2 rings (SSSR count). The molecule has 0 radical (unpaired) electrons. The summed E-state index contributed by atoms with van der Waals surface area (Å²) in [5.74, 6) is -0.493. The van der Waals surface area contributed by atoms with Gasteiger partial charge in [-0.15, -0.1) is 0 Å². The molecule has 0 spiro atoms. The van der Waals surface area contributed by atoms with Gasteiger partial charge in [0, 0.05) is 6.04 Å². The molecular weight excluding hydrogens is 256 g/mol. The van der Waals surface area contributed by atoms with Crippen LogP contribution < -0.4 is 5.32 Å². The van der Waals surface area contributed by atoms with Gasteiger partial charge in [-0.3, -0.25) is 19.8 Å². The molecule has 20 heavy (non-hydrogen) atoms. The minimum absolute atomic E-state index is 0.0637. The van der Waals surface area contributed by atoms with Crippen molar-refractivity contribution in [2.75, 3.05) is 0 Å². The molecule has 0 bridgehead atoms. The summed E-state index contributed by atoms with van der Waals surface area (Å²) >= 11 is 0. The van der Waals surface area contributed by atoms with Crippen LogP contribution in [-0.4, -0.2) is 28.8 Å². The number of nitrogens with one attached hydrogen (secondary N) is 1. The van der Waals surface area contributed by atoms with Crippen LogP contribution >= 0.6 is 0 Å². The smallest absolute Gasteiger partial charge is 0.277 e. The molecule has 1 saturated carbocycles. The predicted octanol–water partition coefficient (Wildman–Crippen LogP) is 2.31. The van der Waals surface area contributed by atoms with Gasteiger partial charge < -0.3 is 0 Å². The van der Waals surface area contributed by atoms with E-state index in [1.54, 1.807) is 0 Å². The summed E-state index contributed by atoms with van der Waals surface area (Å²) in [7, 11) is 0. The lowest BCUT2D eigenvalue weighted by Crippen LogP contribution is -2.62. The summed E-state index contributed by atoms with van der Waals surface area (Å²) in [5.41, 5.74) is 0. The second-order valence-corrected chi connectivity index (χ2v) is 6.31. The number of urea groups is 1. The van der Waals surface area contributed by atoms with Crippen molar-refractivity contribution in [2.24, 2.45) is 17.8 Å². The van der Waals surface area contributed by atoms with Crippen molar-refractivity contribution in [3.63, 3.8) is 0 Å². The van der Waals surface area contributed by atoms with Crippen molar-refractivity contribution < 1.29 is 14.4 Å². The van der Waals surface area contributed by atoms with Crippen LogP contribution in [0.4, 0.5) is 4.79 Å². The molecule has 0 aromatic heterocycles. The Kier molecular flexibility index (Phi) is 4.45. The first-order valence-electron chi connectivity index (χ1n) is 7.63. The first kappa shape index (κ1) is 15.0. The van der Waals surface area contributed by atoms with Crippen LogP contribution in [0.3, 0.4) is 0 Å². The summed E-state index contributed by atoms with van der Waals surface area (Å²) in [6.45, 7) is 6.23. The molecule has 5 heteroatoms. The third kappa shape index (κ3) is 2.72. The highest BCUT2D eigenvalue weighted by molar-refractivity contribution is 6.16. The molecule has 1 heterocycles. The van der Waals surface area contributed by atoms with Gasteiger partial charge in [-0.2, -0.15) is 0 Å². The maximum absolute atomic E-state index is 12.5. The van der Waals surface area contributed by atoms with Gasteiger partial charge in [0.15, 0.2) is 0 Å². The molecule has 1 saturated heterocycles. The molecular formula is C15H24N2O3. The standard InChI is InChI=1S/C15H24N2O3/c1-4-5-11-13(18)16-15(20)17(14(11)19)12-7-6-9(2)8-10(12)3/h9-12H,4-8H2,1-3H3,(H,16,18,20). The Hall–Kier alpha value is -1.39. The zero-order valence-electron chi connectivity index (χ0n) is 12.5. The average molecular weight is 280 g/mol. The lowest BCUT2D eigenvalue weighted by molar-refractivity contribution is -0.145. The fraction of sp³-hybridized carbons (Fsp3) is 0.800. The highest BCUT2D eigenvalue weighted by Crippen LogP contribution is 2.33. The Balaban J connectivity index is 2.18. The highest BCUT2D eigenvalue weighted by Gasteiger charge is 2.45. The van der Waals surface area contributed by atoms with Gasteiger partial charge in [0.25, 0.3) is 0 Å². The summed E-state index contributed by atoms with van der Waals surface area (Å²) in [5, 5.41) is 2.35. The number of nitrogens with zero attached hydrogens (tertiary/aromatic N) is 1. The van der Waals surface area contributed by atoms with Crippen molar-refractivity contribution in [2.45, 2.75) is 58.9 Å². The molecule has 0 aromatic rings. The van der Waals surface area contributed by atoms with E-state index in [9.17, 15) is 14.4 Å². The Morgan fingerprint density at radius 3 is 2.50 bits per heavy atom. The van der Waals surface area contributed by atoms with Crippen LogP contribution in [0.25, 0.3) is 0 Å². The molecule has 4 atom stereocenters. The van der Waals surface area contributed by atoms with Gasteiger partial charge in [-0.25, -0.2) is 4.79 Å². The molecule has 2 fully saturated rings. The number of carbonyl (C=O) groups is 3. The van der Waals surface area contributed by atoms with Crippen LogP contribution in [0.15, 0.2) is 0 Å². The summed E-state index contributed by atoms with van der Waals surface area (Å²) in [6, 6.07) is -0.593. The number of amides is 4. The quantitative estimate of drug-likeness (QED) is 0.807. The van der Waals surface area contributed by atoms with Crippen molar-refractivity contribution >= 4 is 17.8 Å². The Morgan fingerprint density at radius 1 is 1.20 bits per heavy atom. The maximum Gasteiger partial charge on any atom is 0.331 e. The number of hydrogen-bond acceptors (Lipinski definition) is 3. The zero-order valence-corrected chi connectivity index (χ0v) is 12.5. The molecule has 112 valence electrons. The third-order valence-corrected chi connectivity index (χ3v) is 4.60. The van der Waals surface area contributed by atoms with Crippen LogP contribution in [0, 0.1) is 17.8 Å². The summed E-state index contributed by atoms with van der Waals surface area (Å²) in [6.07, 6.45) is 4.15. The molecule has 0 aromatic carbocycles. The van der Waals surface area contributed by atoms with Gasteiger partial charge in [-0.1, -0.05) is 27.2 Å². The van der Waals surface area contributed by atoms with Crippen molar-refractivity contribution in [1.82, 2.24) is 10.2 Å². The Bertz CT molecular complexity index is 421. The minimum Gasteiger partial charge on any atom is -0.277 e. The third-order valence-electron chi connectivity index (χ3n) is 4.60. The first-order chi connectivity index (χ1) is 9.45. The fourth-order valence-electron chi connectivity index (χ4n) is 3.52. The second-order valence-electron chi connectivity index (χ2n) is 6.31. The molecule has 2 aliphatic rings. The monoisotopic (exact) mass is 280 g/mol. The number of hydrogen-bond donors (Lipinski definition) is 1. The lowest BCUT2D eigenvalue weighted by atomic mass is 9.78. The Labute approximate surface area is 120 Å². The predicted molar refractivity (Wildman–Crippen MR) is 74.7 cm³/mol. The van der Waals surface area contributed by atoms with Gasteiger partial charge in [-0.05, 0) is 37.5 Å². The van der Waals surface area contributed by atoms with Crippen LogP contribution in [0.5, 0.6) is 0 Å². The lowest BCUT2D eigenvalue weighted by Gasteiger charge is -2.42. The number of rotatable bonds is 3. The van der Waals surface area contributed by atoms with Crippen molar-refractivity contribution in [3.05, 3.63) is 0 Å². The van der Waals surface area contributed by atoms with Gasteiger partial charge in [0.05, 0.1) is 0 Å². The van der Waals surface area contributed by atoms with E-state index in [1.165, 1.54) is 4.90 Å². The molecule has 4 amide bonds. The van der Waals surface area contributed by atoms with E-state index in [2.05, 4.69) is 19.2 Å². The molecule has 4 unspecified atom stereocenters. The number of imide groups is 2. The van der Waals surface area contributed by atoms with Gasteiger partial charge >= 0.3 is 6.03 Å². The zero-order chi connectivity index (χ0) is 14.9. The summed E-state index contributed by atoms with van der Waals surface area (Å²) in [4.78, 5) is 37.7. The van der Waals surface area contributed by atoms with Crippen LogP contribution in [0.1, 0.15) is 52.9 Å². The maximum atomic E-state index is 12.5. The van der Waals surface area contributed by atoms with Gasteiger partial charge in [0.2, 0.25) is 11.8 Å². The van der Waals surface area contributed by atoms with E-state index < -0.39 is 17.9 Å². The topological polar surface area (TPSA) is 66.5 Å². The van der Waals surface area contributed by atoms with Crippen LogP contribution in [-0.2, 0) is 9.59 Å². The van der Waals surface area contributed by atoms with Gasteiger partial charge in [0.1, 0.15) is 5.92 Å². The van der Waals surface area contributed by atoms with Crippen molar-refractivity contribution in [1.29, 1.82) is 0 Å². The summed E-state index contributed by atoms with van der Waals surface area (Å²) < 4.78 is 0. The number of carbonyl (C=O) groups excluding carboxylic acids is 3. The van der Waals surface area contributed by atoms with E-state index in [0.29, 0.717) is 18.3 Å². The molecule has 1 N–H and O–H groups in total. The SMILES string of the molecule is CCCC1C(=O)NC(=O)N(C2CCC(C)CC2C)C1=O. The van der Waals surface area contributed by atoms with E-state index >= 15 is 0 Å². The fourth-order valence-corrected chi connectivity index (χ4v) is 3.52. The van der Waals surface area contributed by atoms with E-state index in [1.807, 2.05) is 6.92 Å². The van der Waals surface area contributed by atoms with Crippen LogP contribution in [0.2, 0.25) is 0 Å². The molecule has 5 nitrogen and oxygen atoms in total. The average Bonchev–Trinajstić information content (AvgIpc) is 2.37. The van der Waals surface area contributed by atoms with E-state index in [-0.39, 0.29) is 11.9 Å². The first-order valence-corrected chi connectivity index (χ1v) is 7.63. The largest absolute Gasteiger partial charge is 0.331 e. The van der Waals surface area contributed by atoms with E-state index in [4.69, 9.17) is 0 Å². The van der Waals surface area contributed by atoms with Crippen molar-refractivity contribution in [3.8, 4) is 0 Å². The van der Waals surface area contributed by atoms with E-state index in [0.717, 1.165) is 25.7 Å². The number of barbiturate groups is 1. The molecule has 1 aliphatic carbocycles. The molecule has 1 aliphatic heterocycles. The minimum atomic E-state index is -0.691. The Morgan fingerprint density at radius 2 is 1.90 bits per heavy atom. The highest BCUT2D eigenvalue weighted by atomic mass is 16.2. The normalized spacial score (nSPS) is 35.1. The second kappa shape index (κ2) is 5.94.